The van der Waals surface area contributed by atoms with E-state index in [0.29, 0.717) is 16.8 Å². The van der Waals surface area contributed by atoms with Crippen molar-refractivity contribution >= 4 is 27.5 Å². The number of hydrogen-bond acceptors (Lipinski definition) is 4. The van der Waals surface area contributed by atoms with Gasteiger partial charge in [-0.1, -0.05) is 98.1 Å². The molecule has 2 amide bonds. The Kier molecular flexibility index (Phi) is 10.9. The van der Waals surface area contributed by atoms with Crippen LogP contribution in [0, 0.1) is 12.7 Å². The van der Waals surface area contributed by atoms with Crippen LogP contribution in [0.3, 0.4) is 0 Å². The second-order valence-electron chi connectivity index (χ2n) is 11.8. The van der Waals surface area contributed by atoms with Crippen LogP contribution in [0.1, 0.15) is 48.8 Å². The van der Waals surface area contributed by atoms with Gasteiger partial charge in [-0.3, -0.25) is 13.9 Å². The monoisotopic (exact) mass is 641 g/mol. The Bertz CT molecular complexity index is 1710. The van der Waals surface area contributed by atoms with Gasteiger partial charge in [0.25, 0.3) is 10.0 Å². The van der Waals surface area contributed by atoms with Crippen LogP contribution in [0.15, 0.2) is 114 Å². The molecule has 0 heterocycles. The van der Waals surface area contributed by atoms with Crippen molar-refractivity contribution in [3.63, 3.8) is 0 Å². The third-order valence-electron chi connectivity index (χ3n) is 8.48. The fraction of sp³-hybridized carbons (Fsp3) is 0.297. The Morgan fingerprint density at radius 3 is 2.07 bits per heavy atom. The molecule has 7 nitrogen and oxygen atoms in total. The van der Waals surface area contributed by atoms with Gasteiger partial charge in [0.1, 0.15) is 18.4 Å². The van der Waals surface area contributed by atoms with Gasteiger partial charge in [-0.2, -0.15) is 0 Å². The summed E-state index contributed by atoms with van der Waals surface area (Å²) in [6, 6.07) is 29.3. The predicted octanol–water partition coefficient (Wildman–Crippen LogP) is 6.42. The van der Waals surface area contributed by atoms with E-state index >= 15 is 0 Å². The summed E-state index contributed by atoms with van der Waals surface area (Å²) in [7, 11) is -4.18. The quantitative estimate of drug-likeness (QED) is 0.194. The third-order valence-corrected chi connectivity index (χ3v) is 10.3. The highest BCUT2D eigenvalue weighted by Gasteiger charge is 2.35. The van der Waals surface area contributed by atoms with Crippen molar-refractivity contribution in [2.45, 2.75) is 69.0 Å². The van der Waals surface area contributed by atoms with Gasteiger partial charge in [-0.25, -0.2) is 12.8 Å². The van der Waals surface area contributed by atoms with Crippen molar-refractivity contribution < 1.29 is 22.4 Å². The molecule has 1 N–H and O–H groups in total. The van der Waals surface area contributed by atoms with Crippen LogP contribution >= 0.6 is 0 Å². The Hall–Kier alpha value is -4.50. The largest absolute Gasteiger partial charge is 0.352 e. The number of aryl methyl sites for hydroxylation is 1. The summed E-state index contributed by atoms with van der Waals surface area (Å²) < 4.78 is 43.3. The summed E-state index contributed by atoms with van der Waals surface area (Å²) in [4.78, 5) is 30.2. The van der Waals surface area contributed by atoms with E-state index in [-0.39, 0.29) is 29.8 Å². The highest BCUT2D eigenvalue weighted by atomic mass is 32.2. The molecule has 1 fully saturated rings. The molecule has 0 aliphatic heterocycles. The lowest BCUT2D eigenvalue weighted by atomic mass is 9.94. The molecule has 0 unspecified atom stereocenters. The first-order valence-electron chi connectivity index (χ1n) is 15.7. The van der Waals surface area contributed by atoms with Gasteiger partial charge in [0.05, 0.1) is 10.6 Å². The lowest BCUT2D eigenvalue weighted by Gasteiger charge is -2.35. The topological polar surface area (TPSA) is 86.8 Å². The fourth-order valence-electron chi connectivity index (χ4n) is 5.96. The molecule has 9 heteroatoms. The number of nitrogens with one attached hydrogen (secondary N) is 1. The van der Waals surface area contributed by atoms with Gasteiger partial charge in [0, 0.05) is 19.0 Å². The zero-order valence-corrected chi connectivity index (χ0v) is 26.8. The predicted molar refractivity (Wildman–Crippen MR) is 178 cm³/mol. The lowest BCUT2D eigenvalue weighted by Crippen LogP contribution is -2.55. The third kappa shape index (κ3) is 8.20. The molecule has 1 aliphatic rings. The van der Waals surface area contributed by atoms with Gasteiger partial charge in [-0.15, -0.1) is 0 Å². The van der Waals surface area contributed by atoms with E-state index in [1.54, 1.807) is 61.5 Å². The minimum Gasteiger partial charge on any atom is -0.352 e. The molecular formula is C37H40FN3O4S. The smallest absolute Gasteiger partial charge is 0.264 e. The highest BCUT2D eigenvalue weighted by molar-refractivity contribution is 7.92. The van der Waals surface area contributed by atoms with E-state index < -0.39 is 34.3 Å². The molecule has 1 atom stereocenters. The standard InChI is InChI=1S/C37H40FN3O4S/c1-28-13-11-12-20-34(28)41(46(44,45)33-18-9-4-10-19-33)27-36(42)40(26-30-21-23-31(38)24-22-30)35(25-29-14-5-2-6-15-29)37(43)39-32-16-7-3-8-17-32/h2,4-6,9-15,18-24,32,35H,3,7-8,16-17,25-27H2,1H3,(H,39,43)/t35-/m0/s1. The van der Waals surface area contributed by atoms with Crippen LogP contribution in [-0.2, 0) is 32.6 Å². The average molecular weight is 642 g/mol. The number of carbonyl (C=O) groups excluding carboxylic acids is 2. The molecule has 1 aliphatic carbocycles. The first-order chi connectivity index (χ1) is 22.2. The van der Waals surface area contributed by atoms with Gasteiger partial charge in [0.15, 0.2) is 0 Å². The summed E-state index contributed by atoms with van der Waals surface area (Å²) >= 11 is 0. The van der Waals surface area contributed by atoms with Crippen molar-refractivity contribution in [3.05, 3.63) is 132 Å². The maximum atomic E-state index is 14.6. The number of rotatable bonds is 12. The van der Waals surface area contributed by atoms with Crippen molar-refractivity contribution in [1.29, 1.82) is 0 Å². The van der Waals surface area contributed by atoms with E-state index in [4.69, 9.17) is 0 Å². The maximum Gasteiger partial charge on any atom is 0.264 e. The average Bonchev–Trinajstić information content (AvgIpc) is 3.07. The number of para-hydroxylation sites is 1. The number of amides is 2. The zero-order valence-electron chi connectivity index (χ0n) is 26.0. The molecule has 4 aromatic rings. The Morgan fingerprint density at radius 2 is 1.41 bits per heavy atom. The van der Waals surface area contributed by atoms with E-state index in [0.717, 1.165) is 42.0 Å². The molecule has 0 spiro atoms. The van der Waals surface area contributed by atoms with Gasteiger partial charge >= 0.3 is 0 Å². The van der Waals surface area contributed by atoms with E-state index in [1.807, 2.05) is 30.3 Å². The second kappa shape index (κ2) is 15.2. The number of halogens is 1. The minimum atomic E-state index is -4.18. The molecule has 240 valence electrons. The van der Waals surface area contributed by atoms with E-state index in [1.165, 1.54) is 29.2 Å². The number of carbonyl (C=O) groups is 2. The van der Waals surface area contributed by atoms with Crippen LogP contribution in [0.4, 0.5) is 10.1 Å². The minimum absolute atomic E-state index is 0.00391. The summed E-state index contributed by atoms with van der Waals surface area (Å²) in [6.07, 6.45) is 5.13. The van der Waals surface area contributed by atoms with Gasteiger partial charge < -0.3 is 10.2 Å². The van der Waals surface area contributed by atoms with Crippen LogP contribution in [0.2, 0.25) is 0 Å². The molecule has 0 radical (unpaired) electrons. The van der Waals surface area contributed by atoms with Crippen molar-refractivity contribution in [2.24, 2.45) is 0 Å². The Balaban J connectivity index is 1.56. The molecule has 0 saturated heterocycles. The maximum absolute atomic E-state index is 14.6. The normalized spacial score (nSPS) is 14.3. The van der Waals surface area contributed by atoms with Crippen molar-refractivity contribution in [3.8, 4) is 0 Å². The van der Waals surface area contributed by atoms with Crippen LogP contribution < -0.4 is 9.62 Å². The number of hydrogen-bond donors (Lipinski definition) is 1. The summed E-state index contributed by atoms with van der Waals surface area (Å²) in [5.74, 6) is -1.26. The number of anilines is 1. The van der Waals surface area contributed by atoms with Crippen LogP contribution in [0.25, 0.3) is 0 Å². The lowest BCUT2D eigenvalue weighted by molar-refractivity contribution is -0.140. The Labute approximate surface area is 271 Å². The summed E-state index contributed by atoms with van der Waals surface area (Å²) in [5.41, 5.74) is 2.52. The molecule has 1 saturated carbocycles. The summed E-state index contributed by atoms with van der Waals surface area (Å²) in [5, 5.41) is 3.19. The second-order valence-corrected chi connectivity index (χ2v) is 13.7. The van der Waals surface area contributed by atoms with Gasteiger partial charge in [-0.05, 0) is 66.8 Å². The first-order valence-corrected chi connectivity index (χ1v) is 17.2. The number of sulfonamides is 1. The molecule has 5 rings (SSSR count). The molecule has 0 aromatic heterocycles. The SMILES string of the molecule is Cc1ccccc1N(CC(=O)N(Cc1ccc(F)cc1)[C@@H](Cc1ccccc1)C(=O)NC1CCCCC1)S(=O)(=O)c1ccccc1. The fourth-order valence-corrected chi connectivity index (χ4v) is 7.46. The molecule has 0 bridgehead atoms. The van der Waals surface area contributed by atoms with E-state index in [2.05, 4.69) is 5.32 Å². The highest BCUT2D eigenvalue weighted by Crippen LogP contribution is 2.28. The molecule has 4 aromatic carbocycles. The molecular weight excluding hydrogens is 601 g/mol. The van der Waals surface area contributed by atoms with Crippen molar-refractivity contribution in [2.75, 3.05) is 10.8 Å². The molecule has 46 heavy (non-hydrogen) atoms. The van der Waals surface area contributed by atoms with Crippen LogP contribution in [-0.4, -0.2) is 43.8 Å². The zero-order chi connectivity index (χ0) is 32.5. The summed E-state index contributed by atoms with van der Waals surface area (Å²) in [6.45, 7) is 1.24. The van der Waals surface area contributed by atoms with Gasteiger partial charge in [0.2, 0.25) is 11.8 Å². The first kappa shape index (κ1) is 32.9. The van der Waals surface area contributed by atoms with E-state index in [9.17, 15) is 22.4 Å². The number of nitrogens with zero attached hydrogens (tertiary/aromatic N) is 2. The number of benzene rings is 4. The van der Waals surface area contributed by atoms with Crippen LogP contribution in [0.5, 0.6) is 0 Å². The Morgan fingerprint density at radius 1 is 0.804 bits per heavy atom. The van der Waals surface area contributed by atoms with Crippen molar-refractivity contribution in [1.82, 2.24) is 10.2 Å².